The van der Waals surface area contributed by atoms with Gasteiger partial charge < -0.3 is 7.27 Å². The van der Waals surface area contributed by atoms with Gasteiger partial charge >= 0.3 is 37.7 Å². The quantitative estimate of drug-likeness (QED) is 0.864. The summed E-state index contributed by atoms with van der Waals surface area (Å²) < 4.78 is 30.4. The van der Waals surface area contributed by atoms with Gasteiger partial charge in [-0.05, 0) is 30.7 Å². The molecule has 0 radical (unpaired) electrons. The Balaban J connectivity index is 0. The molecule has 1 heterocycles. The number of anilines is 1. The van der Waals surface area contributed by atoms with Crippen molar-refractivity contribution >= 4 is 64.4 Å². The van der Waals surface area contributed by atoms with Crippen LogP contribution in [0.2, 0.25) is 0 Å². The van der Waals surface area contributed by atoms with Crippen molar-refractivity contribution in [3.05, 3.63) is 30.0 Å². The number of nitrogens with one attached hydrogen (secondary N) is 1. The summed E-state index contributed by atoms with van der Waals surface area (Å²) in [4.78, 5) is 0. The fourth-order valence-corrected chi connectivity index (χ4v) is 2.41. The second kappa shape index (κ2) is 6.97. The predicted octanol–water partition coefficient (Wildman–Crippen LogP) is 2.99. The van der Waals surface area contributed by atoms with Gasteiger partial charge in [-0.3, -0.25) is 4.72 Å². The van der Waals surface area contributed by atoms with E-state index in [1.54, 1.807) is 18.2 Å². The van der Waals surface area contributed by atoms with Crippen LogP contribution >= 0.6 is 0 Å². The van der Waals surface area contributed by atoms with Crippen LogP contribution in [0.3, 0.4) is 0 Å². The van der Waals surface area contributed by atoms with Gasteiger partial charge in [0.15, 0.2) is 0 Å². The summed E-state index contributed by atoms with van der Waals surface area (Å²) in [5.41, 5.74) is 1.35. The number of aryl methyl sites for hydroxylation is 1. The summed E-state index contributed by atoms with van der Waals surface area (Å²) in [6.45, 7) is 2.14. The molecular weight excluding hydrogens is 290 g/mol. The number of fused-ring (bicyclic) bond motifs is 1. The van der Waals surface area contributed by atoms with Crippen LogP contribution in [0.5, 0.6) is 0 Å². The van der Waals surface area contributed by atoms with Crippen LogP contribution < -0.4 is 4.72 Å². The zero-order chi connectivity index (χ0) is 13.2. The smallest absolute Gasteiger partial charge is 1.00 e. The van der Waals surface area contributed by atoms with Crippen molar-refractivity contribution in [1.82, 2.24) is 0 Å². The maximum atomic E-state index is 11.1. The summed E-state index contributed by atoms with van der Waals surface area (Å²) in [5.74, 6) is 0.948. The maximum absolute atomic E-state index is 11.1. The van der Waals surface area contributed by atoms with E-state index in [0.717, 1.165) is 42.2 Å². The van der Waals surface area contributed by atoms with Gasteiger partial charge in [-0.1, -0.05) is 13.3 Å². The third kappa shape index (κ3) is 4.99. The summed E-state index contributed by atoms with van der Waals surface area (Å²) in [6, 6.07) is 7.25. The molecule has 0 aliphatic heterocycles. The molecule has 0 saturated carbocycles. The molecule has 0 bridgehead atoms. The Morgan fingerprint density at radius 1 is 1.32 bits per heavy atom. The molecule has 6 heteroatoms. The van der Waals surface area contributed by atoms with E-state index >= 15 is 0 Å². The topological polar surface area (TPSA) is 59.3 Å². The van der Waals surface area contributed by atoms with Crippen LogP contribution in [0.25, 0.3) is 11.0 Å². The Bertz CT molecular complexity index is 658. The van der Waals surface area contributed by atoms with Crippen LogP contribution in [0.15, 0.2) is 28.7 Å². The summed E-state index contributed by atoms with van der Waals surface area (Å²) in [7, 11) is -3.23. The Kier molecular flexibility index (Phi) is 6.17. The molecule has 0 aliphatic carbocycles. The molecule has 0 spiro atoms. The van der Waals surface area contributed by atoms with Crippen LogP contribution in [0.4, 0.5) is 5.69 Å². The first kappa shape index (κ1) is 16.8. The molecule has 2 aromatic rings. The second-order valence-electron chi connectivity index (χ2n) is 4.44. The second-order valence-corrected chi connectivity index (χ2v) is 6.19. The van der Waals surface area contributed by atoms with Crippen molar-refractivity contribution in [3.8, 4) is 0 Å². The molecule has 0 fully saturated rings. The van der Waals surface area contributed by atoms with E-state index in [0.29, 0.717) is 5.69 Å². The van der Waals surface area contributed by atoms with Crippen molar-refractivity contribution in [3.63, 3.8) is 0 Å². The minimum absolute atomic E-state index is 0. The number of benzene rings is 1. The zero-order valence-corrected chi connectivity index (χ0v) is 14.3. The molecule has 0 saturated heterocycles. The fourth-order valence-electron chi connectivity index (χ4n) is 1.85. The van der Waals surface area contributed by atoms with Gasteiger partial charge in [0, 0.05) is 17.5 Å². The van der Waals surface area contributed by atoms with Gasteiger partial charge in [-0.2, -0.15) is 0 Å². The number of hydrogen-bond donors (Lipinski definition) is 1. The minimum Gasteiger partial charge on any atom is -1.00 e. The van der Waals surface area contributed by atoms with Crippen molar-refractivity contribution < 1.29 is 15.7 Å². The molecule has 0 amide bonds. The van der Waals surface area contributed by atoms with E-state index in [1.165, 1.54) is 0 Å². The number of rotatable bonds is 5. The first-order chi connectivity index (χ1) is 8.48. The Morgan fingerprint density at radius 2 is 2.05 bits per heavy atom. The largest absolute Gasteiger partial charge is 2.00 e. The molecule has 0 unspecified atom stereocenters. The van der Waals surface area contributed by atoms with Crippen molar-refractivity contribution in [2.75, 3.05) is 11.0 Å². The SMILES string of the molecule is CCCCc1cc2cc(NS(C)(=O)=O)ccc2o1.[Ca+2].[H-].[H-]. The third-order valence-corrected chi connectivity index (χ3v) is 3.25. The Morgan fingerprint density at radius 3 is 2.68 bits per heavy atom. The van der Waals surface area contributed by atoms with Crippen molar-refractivity contribution in [2.45, 2.75) is 26.2 Å². The number of furan rings is 1. The van der Waals surface area contributed by atoms with E-state index in [2.05, 4.69) is 11.6 Å². The number of unbranched alkanes of at least 4 members (excludes halogenated alkanes) is 1. The van der Waals surface area contributed by atoms with Gasteiger partial charge in [-0.25, -0.2) is 8.42 Å². The molecule has 1 aromatic carbocycles. The molecular formula is C13H19CaNO3S. The average Bonchev–Trinajstić information content (AvgIpc) is 2.66. The molecule has 1 aromatic heterocycles. The van der Waals surface area contributed by atoms with Crippen molar-refractivity contribution in [1.29, 1.82) is 0 Å². The van der Waals surface area contributed by atoms with E-state index in [-0.39, 0.29) is 40.6 Å². The molecule has 0 aliphatic rings. The molecule has 2 rings (SSSR count). The predicted molar refractivity (Wildman–Crippen MR) is 81.3 cm³/mol. The Labute approximate surface area is 146 Å². The van der Waals surface area contributed by atoms with E-state index in [1.807, 2.05) is 6.07 Å². The van der Waals surface area contributed by atoms with Crippen LogP contribution in [-0.2, 0) is 16.4 Å². The van der Waals surface area contributed by atoms with Gasteiger partial charge in [0.05, 0.1) is 6.26 Å². The first-order valence-electron chi connectivity index (χ1n) is 5.98. The summed E-state index contributed by atoms with van der Waals surface area (Å²) in [6.07, 6.45) is 4.27. The summed E-state index contributed by atoms with van der Waals surface area (Å²) >= 11 is 0. The number of sulfonamides is 1. The summed E-state index contributed by atoms with van der Waals surface area (Å²) in [5, 5.41) is 0.926. The Hall–Kier alpha value is -0.230. The molecule has 0 atom stereocenters. The first-order valence-corrected chi connectivity index (χ1v) is 7.87. The van der Waals surface area contributed by atoms with E-state index < -0.39 is 10.0 Å². The zero-order valence-electron chi connectivity index (χ0n) is 13.3. The van der Waals surface area contributed by atoms with Crippen LogP contribution in [0, 0.1) is 0 Å². The standard InChI is InChI=1S/C13H17NO3S.Ca.2H/c1-3-4-5-12-9-10-8-11(14-18(2,15)16)6-7-13(10)17-12;;;/h6-9,14H,3-5H2,1-2H3;;;/q;+2;2*-1. The van der Waals surface area contributed by atoms with E-state index in [9.17, 15) is 8.42 Å². The normalized spacial score (nSPS) is 11.3. The molecule has 19 heavy (non-hydrogen) atoms. The minimum atomic E-state index is -3.23. The van der Waals surface area contributed by atoms with Gasteiger partial charge in [0.1, 0.15) is 11.3 Å². The molecule has 102 valence electrons. The van der Waals surface area contributed by atoms with Crippen LogP contribution in [-0.4, -0.2) is 52.4 Å². The fraction of sp³-hybridized carbons (Fsp3) is 0.385. The van der Waals surface area contributed by atoms with Gasteiger partial charge in [-0.15, -0.1) is 0 Å². The van der Waals surface area contributed by atoms with Gasteiger partial charge in [0.2, 0.25) is 10.0 Å². The maximum Gasteiger partial charge on any atom is 2.00 e. The number of hydrogen-bond acceptors (Lipinski definition) is 3. The van der Waals surface area contributed by atoms with Crippen molar-refractivity contribution in [2.24, 2.45) is 0 Å². The third-order valence-electron chi connectivity index (χ3n) is 2.65. The van der Waals surface area contributed by atoms with Crippen LogP contribution in [0.1, 0.15) is 28.4 Å². The van der Waals surface area contributed by atoms with E-state index in [4.69, 9.17) is 4.42 Å². The molecule has 1 N–H and O–H groups in total. The average molecular weight is 309 g/mol. The monoisotopic (exact) mass is 309 g/mol. The van der Waals surface area contributed by atoms with Gasteiger partial charge in [0.25, 0.3) is 0 Å². The molecule has 4 nitrogen and oxygen atoms in total.